The fourth-order valence-electron chi connectivity index (χ4n) is 10.7. The minimum atomic E-state index is -2.25. The van der Waals surface area contributed by atoms with Gasteiger partial charge >= 0.3 is 0 Å². The molecule has 1 atom stereocenters. The Morgan fingerprint density at radius 1 is 0.407 bits per heavy atom. The summed E-state index contributed by atoms with van der Waals surface area (Å²) < 4.78 is 4.95. The van der Waals surface area contributed by atoms with Crippen molar-refractivity contribution < 1.29 is 0 Å². The third-order valence-electron chi connectivity index (χ3n) is 12.8. The number of aromatic nitrogens is 2. The Morgan fingerprint density at radius 2 is 0.926 bits per heavy atom. The van der Waals surface area contributed by atoms with Crippen molar-refractivity contribution in [3.05, 3.63) is 204 Å². The van der Waals surface area contributed by atoms with E-state index in [1.54, 1.807) is 0 Å². The van der Waals surface area contributed by atoms with Gasteiger partial charge in [-0.15, -0.1) is 0 Å². The van der Waals surface area contributed by atoms with Crippen LogP contribution in [0, 0.1) is 0 Å². The Labute approximate surface area is 315 Å². The summed E-state index contributed by atoms with van der Waals surface area (Å²) in [5.74, 6) is 0. The summed E-state index contributed by atoms with van der Waals surface area (Å²) in [5, 5.41) is 8.24. The molecule has 2 aliphatic heterocycles. The van der Waals surface area contributed by atoms with Gasteiger partial charge in [0.2, 0.25) is 0 Å². The highest BCUT2D eigenvalue weighted by atomic mass is 28.3. The van der Waals surface area contributed by atoms with Crippen LogP contribution in [-0.2, 0) is 5.41 Å². The van der Waals surface area contributed by atoms with E-state index in [0.717, 1.165) is 0 Å². The summed E-state index contributed by atoms with van der Waals surface area (Å²) in [4.78, 5) is 0. The van der Waals surface area contributed by atoms with E-state index in [0.29, 0.717) is 0 Å². The highest BCUT2D eigenvalue weighted by molar-refractivity contribution is 7.02. The van der Waals surface area contributed by atoms with Crippen LogP contribution in [0.25, 0.3) is 66.1 Å². The minimum absolute atomic E-state index is 0.478. The molecule has 0 N–H and O–H groups in total. The quantitative estimate of drug-likeness (QED) is 0.159. The third kappa shape index (κ3) is 3.60. The van der Waals surface area contributed by atoms with E-state index >= 15 is 0 Å². The Bertz CT molecular complexity index is 3140. The molecular formula is C51H36N2Si. The number of para-hydroxylation sites is 5. The Morgan fingerprint density at radius 3 is 1.65 bits per heavy atom. The molecule has 10 aromatic rings. The molecule has 54 heavy (non-hydrogen) atoms. The molecule has 2 aromatic heterocycles. The number of hydrogen-bond acceptors (Lipinski definition) is 0. The van der Waals surface area contributed by atoms with E-state index in [4.69, 9.17) is 0 Å². The minimum Gasteiger partial charge on any atom is -0.309 e. The van der Waals surface area contributed by atoms with Crippen LogP contribution in [-0.4, -0.2) is 17.2 Å². The first-order valence-corrected chi connectivity index (χ1v) is 22.0. The predicted molar refractivity (Wildman–Crippen MR) is 229 cm³/mol. The molecule has 2 aliphatic rings. The van der Waals surface area contributed by atoms with Gasteiger partial charge in [0.25, 0.3) is 0 Å². The van der Waals surface area contributed by atoms with Crippen molar-refractivity contribution in [1.82, 2.24) is 9.13 Å². The van der Waals surface area contributed by atoms with Gasteiger partial charge in [-0.05, 0) is 80.2 Å². The zero-order valence-electron chi connectivity index (χ0n) is 30.2. The summed E-state index contributed by atoms with van der Waals surface area (Å²) in [6.07, 6.45) is 0. The van der Waals surface area contributed by atoms with Gasteiger partial charge in [0.1, 0.15) is 8.07 Å². The van der Waals surface area contributed by atoms with Crippen LogP contribution in [0.1, 0.15) is 22.3 Å². The second-order valence-corrected chi connectivity index (χ2v) is 19.9. The molecule has 1 unspecified atom stereocenters. The molecule has 2 nitrogen and oxygen atoms in total. The van der Waals surface area contributed by atoms with Crippen molar-refractivity contribution in [1.29, 1.82) is 0 Å². The molecule has 8 aromatic carbocycles. The second kappa shape index (κ2) is 10.6. The average Bonchev–Trinajstić information content (AvgIpc) is 3.75. The maximum absolute atomic E-state index is 2.57. The zero-order valence-corrected chi connectivity index (χ0v) is 31.2. The van der Waals surface area contributed by atoms with Crippen LogP contribution < -0.4 is 10.4 Å². The summed E-state index contributed by atoms with van der Waals surface area (Å²) in [6.45, 7) is 5.14. The number of fused-ring (bicyclic) bond motifs is 14. The lowest BCUT2D eigenvalue weighted by atomic mass is 9.62. The molecule has 0 saturated heterocycles. The highest BCUT2D eigenvalue weighted by Crippen LogP contribution is 2.55. The van der Waals surface area contributed by atoms with Gasteiger partial charge in [-0.3, -0.25) is 0 Å². The summed E-state index contributed by atoms with van der Waals surface area (Å²) in [5.41, 5.74) is 15.2. The van der Waals surface area contributed by atoms with E-state index in [9.17, 15) is 0 Å². The van der Waals surface area contributed by atoms with E-state index in [1.165, 1.54) is 98.7 Å². The molecular weight excluding hydrogens is 669 g/mol. The number of rotatable bonds is 2. The van der Waals surface area contributed by atoms with Gasteiger partial charge in [0.05, 0.1) is 33.2 Å². The molecule has 0 radical (unpaired) electrons. The molecule has 0 bridgehead atoms. The Hall–Kier alpha value is -6.42. The van der Waals surface area contributed by atoms with Crippen LogP contribution in [0.4, 0.5) is 0 Å². The van der Waals surface area contributed by atoms with E-state index in [-0.39, 0.29) is 0 Å². The second-order valence-electron chi connectivity index (χ2n) is 15.6. The summed E-state index contributed by atoms with van der Waals surface area (Å²) in [7, 11) is -2.25. The molecule has 0 amide bonds. The Balaban J connectivity index is 1.16. The van der Waals surface area contributed by atoms with Crippen molar-refractivity contribution in [2.75, 3.05) is 0 Å². The first-order chi connectivity index (χ1) is 26.6. The highest BCUT2D eigenvalue weighted by Gasteiger charge is 2.53. The number of hydrogen-bond donors (Lipinski definition) is 0. The van der Waals surface area contributed by atoms with Gasteiger partial charge in [0.15, 0.2) is 0 Å². The normalized spacial score (nSPS) is 16.6. The van der Waals surface area contributed by atoms with Gasteiger partial charge in [-0.1, -0.05) is 159 Å². The molecule has 3 heteroatoms. The summed E-state index contributed by atoms with van der Waals surface area (Å²) >= 11 is 0. The van der Waals surface area contributed by atoms with E-state index < -0.39 is 13.5 Å². The monoisotopic (exact) mass is 704 g/mol. The lowest BCUT2D eigenvalue weighted by Gasteiger charge is -2.50. The lowest BCUT2D eigenvalue weighted by molar-refractivity contribution is 0.732. The van der Waals surface area contributed by atoms with Gasteiger partial charge in [0, 0.05) is 27.2 Å². The van der Waals surface area contributed by atoms with E-state index in [1.807, 2.05) is 0 Å². The zero-order chi connectivity index (χ0) is 35.8. The fourth-order valence-corrected chi connectivity index (χ4v) is 14.3. The SMILES string of the molecule is C[Si]1(C)c2ccccc2C2(c3ccccc3-n3c4ccccc4c4cccc2c43)c2cccc(-c3ccc(-n4c5ccccc5c5ccccc54)cc3)c21. The fraction of sp³-hybridized carbons (Fsp3) is 0.0588. The van der Waals surface area contributed by atoms with Crippen molar-refractivity contribution in [3.8, 4) is 22.5 Å². The van der Waals surface area contributed by atoms with Crippen LogP contribution in [0.5, 0.6) is 0 Å². The van der Waals surface area contributed by atoms with Crippen molar-refractivity contribution >= 4 is 62.1 Å². The van der Waals surface area contributed by atoms with Crippen LogP contribution in [0.3, 0.4) is 0 Å². The first-order valence-electron chi connectivity index (χ1n) is 19.0. The molecule has 0 saturated carbocycles. The maximum atomic E-state index is 2.57. The van der Waals surface area contributed by atoms with Crippen LogP contribution in [0.2, 0.25) is 13.1 Å². The lowest BCUT2D eigenvalue weighted by Crippen LogP contribution is -2.64. The summed E-state index contributed by atoms with van der Waals surface area (Å²) in [6, 6.07) is 68.6. The van der Waals surface area contributed by atoms with Crippen molar-refractivity contribution in [2.24, 2.45) is 0 Å². The maximum Gasteiger partial charge on any atom is 0.113 e. The van der Waals surface area contributed by atoms with Crippen LogP contribution >= 0.6 is 0 Å². The predicted octanol–water partition coefficient (Wildman–Crippen LogP) is 11.4. The smallest absolute Gasteiger partial charge is 0.113 e. The molecule has 0 fully saturated rings. The van der Waals surface area contributed by atoms with Gasteiger partial charge < -0.3 is 9.13 Å². The largest absolute Gasteiger partial charge is 0.309 e. The standard InChI is InChI=1S/C51H36N2Si/c1-54(2)48-28-12-7-21-41(48)51(40-20-6-11-27-47(40)53-46-26-10-5-17-38(46)39-19-14-22-42(51)49(39)53)43-23-13-18-35(50(43)54)33-29-31-34(32-30-33)52-44-24-8-3-15-36(44)37-16-4-9-25-45(37)52/h3-32H,1-2H3. The van der Waals surface area contributed by atoms with Crippen LogP contribution in [0.15, 0.2) is 182 Å². The average molecular weight is 705 g/mol. The topological polar surface area (TPSA) is 9.86 Å². The molecule has 254 valence electrons. The number of benzene rings is 8. The molecule has 4 heterocycles. The number of nitrogens with zero attached hydrogens (tertiary/aromatic N) is 2. The van der Waals surface area contributed by atoms with Crippen molar-refractivity contribution in [3.63, 3.8) is 0 Å². The first kappa shape index (κ1) is 30.1. The van der Waals surface area contributed by atoms with Gasteiger partial charge in [-0.25, -0.2) is 0 Å². The third-order valence-corrected chi connectivity index (χ3v) is 16.3. The molecule has 12 rings (SSSR count). The van der Waals surface area contributed by atoms with Gasteiger partial charge in [-0.2, -0.15) is 0 Å². The Kier molecular flexibility index (Phi) is 5.90. The van der Waals surface area contributed by atoms with E-state index in [2.05, 4.69) is 204 Å². The molecule has 1 spiro atoms. The molecule has 0 aliphatic carbocycles. The van der Waals surface area contributed by atoms with Crippen molar-refractivity contribution in [2.45, 2.75) is 18.5 Å².